The smallest absolute Gasteiger partial charge is 0.319 e. The number of aromatic hydroxyl groups is 1. The number of nitrogens with zero attached hydrogens (tertiary/aromatic N) is 5. The summed E-state index contributed by atoms with van der Waals surface area (Å²) < 4.78 is 52.4. The van der Waals surface area contributed by atoms with Crippen molar-refractivity contribution in [2.24, 2.45) is 0 Å². The van der Waals surface area contributed by atoms with Crippen LogP contribution in [0, 0.1) is 5.82 Å². The number of rotatable bonds is 5. The number of alkyl halides is 2. The number of hydrogen-bond acceptors (Lipinski definition) is 8. The number of benzene rings is 1. The van der Waals surface area contributed by atoms with Crippen LogP contribution < -0.4 is 15.0 Å². The summed E-state index contributed by atoms with van der Waals surface area (Å²) in [6, 6.07) is 3.64. The van der Waals surface area contributed by atoms with E-state index >= 15 is 8.78 Å². The number of pyridine rings is 1. The van der Waals surface area contributed by atoms with Crippen LogP contribution >= 0.6 is 0 Å². The SMILES string of the molecule is Oc1cc2c(c(-c3ncc4c(N5C[C@H]6CC[C@@H](C5)N6)nc(OC[C@@]56CCCN5C[C@H](F)C6)nc4c3F)c1)C(F)CCC2. The first kappa shape index (κ1) is 26.4. The molecule has 0 saturated carbocycles. The normalized spacial score (nSPS) is 30.6. The Morgan fingerprint density at radius 1 is 1.07 bits per heavy atom. The fourth-order valence-electron chi connectivity index (χ4n) is 8.22. The van der Waals surface area contributed by atoms with E-state index in [0.717, 1.165) is 45.3 Å². The lowest BCUT2D eigenvalue weighted by atomic mass is 9.85. The number of fused-ring (bicyclic) bond motifs is 5. The predicted molar refractivity (Wildman–Crippen MR) is 152 cm³/mol. The topological polar surface area (TPSA) is 86.6 Å². The molecule has 2 aromatic heterocycles. The minimum absolute atomic E-state index is 0.0456. The summed E-state index contributed by atoms with van der Waals surface area (Å²) >= 11 is 0. The van der Waals surface area contributed by atoms with Gasteiger partial charge >= 0.3 is 6.01 Å². The molecule has 1 unspecified atom stereocenters. The molecule has 1 aliphatic carbocycles. The first-order valence-electron chi connectivity index (χ1n) is 15.3. The quantitative estimate of drug-likeness (QED) is 0.446. The van der Waals surface area contributed by atoms with Crippen molar-refractivity contribution in [1.29, 1.82) is 0 Å². The van der Waals surface area contributed by atoms with Gasteiger partial charge in [-0.1, -0.05) is 0 Å². The fourth-order valence-corrected chi connectivity index (χ4v) is 8.22. The summed E-state index contributed by atoms with van der Waals surface area (Å²) in [6.45, 7) is 2.91. The highest BCUT2D eigenvalue weighted by Crippen LogP contribution is 2.44. The molecule has 42 heavy (non-hydrogen) atoms. The van der Waals surface area contributed by atoms with Crippen LogP contribution in [0.25, 0.3) is 22.2 Å². The predicted octanol–water partition coefficient (Wildman–Crippen LogP) is 4.78. The van der Waals surface area contributed by atoms with Crippen LogP contribution in [0.4, 0.5) is 19.0 Å². The van der Waals surface area contributed by atoms with Crippen molar-refractivity contribution in [3.8, 4) is 23.0 Å². The van der Waals surface area contributed by atoms with E-state index in [2.05, 4.69) is 25.1 Å². The van der Waals surface area contributed by atoms with E-state index < -0.39 is 23.7 Å². The van der Waals surface area contributed by atoms with Gasteiger partial charge in [-0.05, 0) is 74.8 Å². The highest BCUT2D eigenvalue weighted by molar-refractivity contribution is 5.92. The van der Waals surface area contributed by atoms with E-state index in [-0.39, 0.29) is 35.1 Å². The van der Waals surface area contributed by atoms with E-state index in [1.54, 1.807) is 12.3 Å². The number of hydrogen-bond donors (Lipinski definition) is 2. The number of nitrogens with one attached hydrogen (secondary N) is 1. The first-order chi connectivity index (χ1) is 20.4. The molecule has 4 saturated heterocycles. The van der Waals surface area contributed by atoms with Crippen LogP contribution in [0.1, 0.15) is 62.2 Å². The van der Waals surface area contributed by atoms with Crippen molar-refractivity contribution in [3.05, 3.63) is 35.3 Å². The number of halogens is 3. The zero-order chi connectivity index (χ0) is 28.6. The molecule has 6 heterocycles. The van der Waals surface area contributed by atoms with Gasteiger partial charge in [-0.3, -0.25) is 9.88 Å². The van der Waals surface area contributed by atoms with Crippen molar-refractivity contribution in [3.63, 3.8) is 0 Å². The van der Waals surface area contributed by atoms with Crippen molar-refractivity contribution in [1.82, 2.24) is 25.2 Å². The molecule has 3 aromatic rings. The molecule has 5 aliphatic rings. The van der Waals surface area contributed by atoms with Gasteiger partial charge in [0.1, 0.15) is 41.7 Å². The second kappa shape index (κ2) is 9.94. The average Bonchev–Trinajstić information content (AvgIpc) is 3.61. The molecule has 1 aromatic carbocycles. The van der Waals surface area contributed by atoms with Gasteiger partial charge in [-0.25, -0.2) is 13.2 Å². The zero-order valence-electron chi connectivity index (χ0n) is 23.5. The Kier molecular flexibility index (Phi) is 6.26. The molecule has 0 spiro atoms. The van der Waals surface area contributed by atoms with E-state index in [1.165, 1.54) is 6.07 Å². The Labute approximate surface area is 242 Å². The van der Waals surface area contributed by atoms with Crippen LogP contribution in [-0.2, 0) is 6.42 Å². The molecule has 4 fully saturated rings. The van der Waals surface area contributed by atoms with Crippen molar-refractivity contribution >= 4 is 16.7 Å². The maximum absolute atomic E-state index is 16.6. The Morgan fingerprint density at radius 2 is 1.90 bits per heavy atom. The first-order valence-corrected chi connectivity index (χ1v) is 15.3. The Hall–Kier alpha value is -3.18. The van der Waals surface area contributed by atoms with E-state index in [0.29, 0.717) is 66.6 Å². The molecule has 0 amide bonds. The van der Waals surface area contributed by atoms with Gasteiger partial charge in [0.25, 0.3) is 0 Å². The van der Waals surface area contributed by atoms with Gasteiger partial charge in [0.05, 0.1) is 10.9 Å². The van der Waals surface area contributed by atoms with Crippen LogP contribution in [0.5, 0.6) is 11.8 Å². The third-order valence-electron chi connectivity index (χ3n) is 10.1. The van der Waals surface area contributed by atoms with Crippen molar-refractivity contribution in [2.45, 2.75) is 81.3 Å². The van der Waals surface area contributed by atoms with E-state index in [4.69, 9.17) is 9.72 Å². The largest absolute Gasteiger partial charge is 0.508 e. The molecule has 222 valence electrons. The fraction of sp³-hybridized carbons (Fsp3) is 0.581. The number of anilines is 1. The van der Waals surface area contributed by atoms with Crippen LogP contribution in [0.15, 0.2) is 18.3 Å². The second-order valence-corrected chi connectivity index (χ2v) is 12.8. The number of phenolic OH excluding ortho intramolecular Hbond substituents is 1. The summed E-state index contributed by atoms with van der Waals surface area (Å²) in [4.78, 5) is 18.2. The molecule has 8 rings (SSSR count). The molecule has 4 aliphatic heterocycles. The zero-order valence-corrected chi connectivity index (χ0v) is 23.5. The minimum atomic E-state index is -1.27. The third kappa shape index (κ3) is 4.30. The molecule has 5 atom stereocenters. The number of aryl methyl sites for hydroxylation is 1. The number of aromatic nitrogens is 3. The summed E-state index contributed by atoms with van der Waals surface area (Å²) in [5.41, 5.74) is 0.912. The van der Waals surface area contributed by atoms with Gasteiger partial charge in [0.2, 0.25) is 0 Å². The lowest BCUT2D eigenvalue weighted by Gasteiger charge is -2.34. The molecule has 2 bridgehead atoms. The standard InChI is InChI=1S/C31H35F3N6O2/c32-18-11-31(7-2-8-40(31)13-18)16-42-30-37-28-23(29(38-30)39-14-19-5-6-20(15-39)36-19)12-35-27(26(28)34)22-10-21(41)9-17-3-1-4-24(33)25(17)22/h9-10,12,18-20,24,36,41H,1-8,11,13-16H2/t18-,19-,20+,24?,31+/m1/s1. The van der Waals surface area contributed by atoms with Gasteiger partial charge in [0.15, 0.2) is 5.82 Å². The number of phenols is 1. The van der Waals surface area contributed by atoms with Gasteiger partial charge in [-0.2, -0.15) is 9.97 Å². The third-order valence-corrected chi connectivity index (χ3v) is 10.1. The monoisotopic (exact) mass is 580 g/mol. The molecule has 8 nitrogen and oxygen atoms in total. The molecule has 2 N–H and O–H groups in total. The lowest BCUT2D eigenvalue weighted by molar-refractivity contribution is 0.107. The van der Waals surface area contributed by atoms with Gasteiger partial charge in [-0.15, -0.1) is 0 Å². The number of ether oxygens (including phenoxy) is 1. The minimum Gasteiger partial charge on any atom is -0.508 e. The molecular weight excluding hydrogens is 545 g/mol. The van der Waals surface area contributed by atoms with Crippen LogP contribution in [-0.4, -0.2) is 81.5 Å². The Bertz CT molecular complexity index is 1550. The highest BCUT2D eigenvalue weighted by atomic mass is 19.1. The average molecular weight is 581 g/mol. The van der Waals surface area contributed by atoms with Crippen molar-refractivity contribution in [2.75, 3.05) is 37.7 Å². The summed E-state index contributed by atoms with van der Waals surface area (Å²) in [6.07, 6.45) is 5.39. The van der Waals surface area contributed by atoms with E-state index in [9.17, 15) is 9.50 Å². The molecule has 0 radical (unpaired) electrons. The van der Waals surface area contributed by atoms with Crippen molar-refractivity contribution < 1.29 is 23.0 Å². The summed E-state index contributed by atoms with van der Waals surface area (Å²) in [7, 11) is 0. The number of piperazine rings is 1. The van der Waals surface area contributed by atoms with E-state index in [1.807, 2.05) is 0 Å². The Morgan fingerprint density at radius 3 is 2.74 bits per heavy atom. The summed E-state index contributed by atoms with van der Waals surface area (Å²) in [5, 5.41) is 14.5. The Balaban J connectivity index is 1.24. The maximum Gasteiger partial charge on any atom is 0.319 e. The second-order valence-electron chi connectivity index (χ2n) is 12.8. The van der Waals surface area contributed by atoms with Gasteiger partial charge in [0, 0.05) is 49.9 Å². The molecule has 11 heteroatoms. The van der Waals surface area contributed by atoms with Crippen LogP contribution in [0.2, 0.25) is 0 Å². The highest BCUT2D eigenvalue weighted by Gasteiger charge is 2.49. The van der Waals surface area contributed by atoms with Gasteiger partial charge < -0.3 is 20.1 Å². The lowest BCUT2D eigenvalue weighted by Crippen LogP contribution is -2.51. The summed E-state index contributed by atoms with van der Waals surface area (Å²) in [5.74, 6) is -0.191. The van der Waals surface area contributed by atoms with Crippen LogP contribution in [0.3, 0.4) is 0 Å². The maximum atomic E-state index is 16.6. The molecular formula is C31H35F3N6O2.